The van der Waals surface area contributed by atoms with E-state index in [1.54, 1.807) is 18.4 Å². The van der Waals surface area contributed by atoms with E-state index in [1.165, 1.54) is 10.3 Å². The Balaban J connectivity index is 1.92. The minimum absolute atomic E-state index is 0.835. The van der Waals surface area contributed by atoms with Gasteiger partial charge in [0.15, 0.2) is 5.13 Å². The molecule has 19 heavy (non-hydrogen) atoms. The monoisotopic (exact) mass is 270 g/mol. The lowest BCUT2D eigenvalue weighted by Gasteiger charge is -2.04. The zero-order valence-electron chi connectivity index (χ0n) is 10.8. The van der Waals surface area contributed by atoms with E-state index in [9.17, 15) is 0 Å². The van der Waals surface area contributed by atoms with Gasteiger partial charge in [-0.1, -0.05) is 23.5 Å². The lowest BCUT2D eigenvalue weighted by Crippen LogP contribution is -1.90. The molecule has 0 amide bonds. The summed E-state index contributed by atoms with van der Waals surface area (Å²) < 4.78 is 6.41. The highest BCUT2D eigenvalue weighted by Gasteiger charge is 2.04. The highest BCUT2D eigenvalue weighted by atomic mass is 32.1. The van der Waals surface area contributed by atoms with Gasteiger partial charge in [-0.2, -0.15) is 0 Å². The number of hydrogen-bond donors (Lipinski definition) is 1. The van der Waals surface area contributed by atoms with Crippen molar-refractivity contribution < 1.29 is 4.74 Å². The molecular weight excluding hydrogens is 256 g/mol. The predicted molar refractivity (Wildman–Crippen MR) is 80.6 cm³/mol. The van der Waals surface area contributed by atoms with Gasteiger partial charge in [0.1, 0.15) is 5.75 Å². The summed E-state index contributed by atoms with van der Waals surface area (Å²) in [5.41, 5.74) is 3.26. The lowest BCUT2D eigenvalue weighted by atomic mass is 10.2. The van der Waals surface area contributed by atoms with Gasteiger partial charge < -0.3 is 10.1 Å². The van der Waals surface area contributed by atoms with Crippen LogP contribution < -0.4 is 10.1 Å². The van der Waals surface area contributed by atoms with Crippen LogP contribution in [0.1, 0.15) is 5.56 Å². The summed E-state index contributed by atoms with van der Waals surface area (Å²) in [6.45, 7) is 2.09. The fourth-order valence-electron chi connectivity index (χ4n) is 1.91. The van der Waals surface area contributed by atoms with Crippen LogP contribution in [0.4, 0.5) is 10.8 Å². The quantitative estimate of drug-likeness (QED) is 0.768. The second-order valence-corrected chi connectivity index (χ2v) is 5.38. The van der Waals surface area contributed by atoms with Crippen LogP contribution in [-0.2, 0) is 0 Å². The molecule has 2 aromatic carbocycles. The van der Waals surface area contributed by atoms with E-state index in [-0.39, 0.29) is 0 Å². The standard InChI is InChI=1S/C15H14N2OS/c1-10-6-7-13-14(8-10)19-15(17-13)16-11-4-3-5-12(9-11)18-2/h3-9H,1-2H3,(H,16,17). The molecule has 0 aliphatic heterocycles. The van der Waals surface area contributed by atoms with Crippen molar-refractivity contribution in [2.45, 2.75) is 6.92 Å². The van der Waals surface area contributed by atoms with E-state index in [2.05, 4.69) is 35.4 Å². The van der Waals surface area contributed by atoms with Crippen LogP contribution >= 0.6 is 11.3 Å². The molecule has 0 saturated carbocycles. The molecule has 96 valence electrons. The van der Waals surface area contributed by atoms with Gasteiger partial charge in [-0.25, -0.2) is 4.98 Å². The Labute approximate surface area is 115 Å². The van der Waals surface area contributed by atoms with Gasteiger partial charge in [0.2, 0.25) is 0 Å². The highest BCUT2D eigenvalue weighted by Crippen LogP contribution is 2.29. The Morgan fingerprint density at radius 1 is 1.16 bits per heavy atom. The van der Waals surface area contributed by atoms with E-state index >= 15 is 0 Å². The third-order valence-corrected chi connectivity index (χ3v) is 3.80. The molecule has 4 heteroatoms. The molecule has 1 N–H and O–H groups in total. The summed E-state index contributed by atoms with van der Waals surface area (Å²) in [6, 6.07) is 14.1. The Morgan fingerprint density at radius 2 is 2.05 bits per heavy atom. The minimum atomic E-state index is 0.835. The summed E-state index contributed by atoms with van der Waals surface area (Å²) in [4.78, 5) is 4.57. The second kappa shape index (κ2) is 4.90. The molecule has 0 saturated heterocycles. The number of ether oxygens (including phenoxy) is 1. The van der Waals surface area contributed by atoms with Crippen molar-refractivity contribution in [3.8, 4) is 5.75 Å². The van der Waals surface area contributed by atoms with Crippen LogP contribution in [0.15, 0.2) is 42.5 Å². The molecule has 0 bridgehead atoms. The SMILES string of the molecule is COc1cccc(Nc2nc3ccc(C)cc3s2)c1. The zero-order chi connectivity index (χ0) is 13.2. The first-order valence-electron chi connectivity index (χ1n) is 6.03. The van der Waals surface area contributed by atoms with Gasteiger partial charge in [0.25, 0.3) is 0 Å². The van der Waals surface area contributed by atoms with Gasteiger partial charge >= 0.3 is 0 Å². The van der Waals surface area contributed by atoms with E-state index in [1.807, 2.05) is 24.3 Å². The number of nitrogens with zero attached hydrogens (tertiary/aromatic N) is 1. The molecule has 0 aliphatic carbocycles. The molecule has 0 fully saturated rings. The van der Waals surface area contributed by atoms with Crippen molar-refractivity contribution in [2.24, 2.45) is 0 Å². The summed E-state index contributed by atoms with van der Waals surface area (Å²) in [6.07, 6.45) is 0. The zero-order valence-corrected chi connectivity index (χ0v) is 11.6. The average molecular weight is 270 g/mol. The molecular formula is C15H14N2OS. The molecule has 1 heterocycles. The number of anilines is 2. The van der Waals surface area contributed by atoms with Crippen LogP contribution in [0.25, 0.3) is 10.2 Å². The van der Waals surface area contributed by atoms with E-state index in [4.69, 9.17) is 4.74 Å². The van der Waals surface area contributed by atoms with Gasteiger partial charge in [-0.15, -0.1) is 0 Å². The third kappa shape index (κ3) is 2.53. The minimum Gasteiger partial charge on any atom is -0.497 e. The lowest BCUT2D eigenvalue weighted by molar-refractivity contribution is 0.415. The predicted octanol–water partition coefficient (Wildman–Crippen LogP) is 4.36. The number of nitrogens with one attached hydrogen (secondary N) is 1. The topological polar surface area (TPSA) is 34.1 Å². The number of fused-ring (bicyclic) bond motifs is 1. The summed E-state index contributed by atoms with van der Waals surface area (Å²) >= 11 is 1.66. The average Bonchev–Trinajstić information content (AvgIpc) is 2.80. The maximum Gasteiger partial charge on any atom is 0.188 e. The van der Waals surface area contributed by atoms with Gasteiger partial charge in [0, 0.05) is 11.8 Å². The summed E-state index contributed by atoms with van der Waals surface area (Å²) in [5.74, 6) is 0.835. The number of hydrogen-bond acceptors (Lipinski definition) is 4. The van der Waals surface area contributed by atoms with Crippen LogP contribution in [0.2, 0.25) is 0 Å². The third-order valence-electron chi connectivity index (χ3n) is 2.86. The summed E-state index contributed by atoms with van der Waals surface area (Å²) in [7, 11) is 1.67. The van der Waals surface area contributed by atoms with Crippen LogP contribution in [0.3, 0.4) is 0 Å². The maximum absolute atomic E-state index is 5.21. The number of aromatic nitrogens is 1. The van der Waals surface area contributed by atoms with Crippen molar-refractivity contribution >= 4 is 32.4 Å². The number of aryl methyl sites for hydroxylation is 1. The van der Waals surface area contributed by atoms with Crippen LogP contribution in [-0.4, -0.2) is 12.1 Å². The summed E-state index contributed by atoms with van der Waals surface area (Å²) in [5, 5.41) is 4.21. The van der Waals surface area contributed by atoms with E-state index in [0.29, 0.717) is 0 Å². The highest BCUT2D eigenvalue weighted by molar-refractivity contribution is 7.22. The smallest absolute Gasteiger partial charge is 0.188 e. The number of thiazole rings is 1. The molecule has 3 nitrogen and oxygen atoms in total. The Bertz CT molecular complexity index is 721. The first-order valence-corrected chi connectivity index (χ1v) is 6.84. The van der Waals surface area contributed by atoms with Crippen LogP contribution in [0, 0.1) is 6.92 Å². The van der Waals surface area contributed by atoms with Gasteiger partial charge in [0.05, 0.1) is 17.3 Å². The van der Waals surface area contributed by atoms with Crippen molar-refractivity contribution in [3.63, 3.8) is 0 Å². The Hall–Kier alpha value is -2.07. The fourth-order valence-corrected chi connectivity index (χ4v) is 2.89. The molecule has 1 aromatic heterocycles. The second-order valence-electron chi connectivity index (χ2n) is 4.35. The normalized spacial score (nSPS) is 10.6. The fraction of sp³-hybridized carbons (Fsp3) is 0.133. The number of methoxy groups -OCH3 is 1. The van der Waals surface area contributed by atoms with Crippen LogP contribution in [0.5, 0.6) is 5.75 Å². The van der Waals surface area contributed by atoms with Gasteiger partial charge in [-0.3, -0.25) is 0 Å². The molecule has 0 unspecified atom stereocenters. The molecule has 0 radical (unpaired) electrons. The molecule has 0 aliphatic rings. The van der Waals surface area contributed by atoms with E-state index in [0.717, 1.165) is 22.1 Å². The largest absolute Gasteiger partial charge is 0.497 e. The van der Waals surface area contributed by atoms with E-state index < -0.39 is 0 Å². The maximum atomic E-state index is 5.21. The molecule has 0 spiro atoms. The number of benzene rings is 2. The molecule has 0 atom stereocenters. The van der Waals surface area contributed by atoms with Gasteiger partial charge in [-0.05, 0) is 36.8 Å². The Kier molecular flexibility index (Phi) is 3.09. The molecule has 3 rings (SSSR count). The first kappa shape index (κ1) is 12.0. The van der Waals surface area contributed by atoms with Crippen molar-refractivity contribution in [1.29, 1.82) is 0 Å². The number of rotatable bonds is 3. The van der Waals surface area contributed by atoms with Crippen molar-refractivity contribution in [2.75, 3.05) is 12.4 Å². The van der Waals surface area contributed by atoms with Crippen molar-refractivity contribution in [1.82, 2.24) is 4.98 Å². The molecule has 3 aromatic rings. The first-order chi connectivity index (χ1) is 9.24. The van der Waals surface area contributed by atoms with Crippen molar-refractivity contribution in [3.05, 3.63) is 48.0 Å². The Morgan fingerprint density at radius 3 is 2.89 bits per heavy atom.